The van der Waals surface area contributed by atoms with Gasteiger partial charge in [-0.3, -0.25) is 4.90 Å². The summed E-state index contributed by atoms with van der Waals surface area (Å²) >= 11 is 0. The maximum Gasteiger partial charge on any atom is 0.169 e. The fraction of sp³-hybridized carbons (Fsp3) is 0.133. The molecule has 5 heteroatoms. The molecule has 2 N–H and O–H groups in total. The summed E-state index contributed by atoms with van der Waals surface area (Å²) in [5, 5.41) is 10.2. The molecular weight excluding hydrogens is 257 g/mol. The number of aliphatic hydroxyl groups is 1. The molecule has 1 aromatic carbocycles. The summed E-state index contributed by atoms with van der Waals surface area (Å²) in [5.41, 5.74) is 2.29. The average Bonchev–Trinajstić information content (AvgIpc) is 2.81. The third kappa shape index (κ3) is 2.29. The number of rotatable bonds is 0. The zero-order valence-corrected chi connectivity index (χ0v) is 10.8. The van der Waals surface area contributed by atoms with Gasteiger partial charge in [0.15, 0.2) is 6.23 Å². The molecule has 0 saturated carbocycles. The van der Waals surface area contributed by atoms with Crippen molar-refractivity contribution in [2.75, 3.05) is 0 Å². The number of aryl methyl sites for hydroxylation is 1. The van der Waals surface area contributed by atoms with Crippen LogP contribution < -0.4 is 0 Å². The summed E-state index contributed by atoms with van der Waals surface area (Å²) in [6.45, 7) is 1.90. The molecule has 0 radical (unpaired) electrons. The number of H-pyrrole nitrogens is 1. The number of aromatic amines is 1. The first-order valence-corrected chi connectivity index (χ1v) is 6.11. The lowest BCUT2D eigenvalue weighted by Crippen LogP contribution is -2.24. The highest BCUT2D eigenvalue weighted by Crippen LogP contribution is 2.30. The van der Waals surface area contributed by atoms with Gasteiger partial charge >= 0.3 is 0 Å². The second kappa shape index (κ2) is 4.83. The molecule has 1 aliphatic heterocycles. The lowest BCUT2D eigenvalue weighted by molar-refractivity contribution is 0.0900. The van der Waals surface area contributed by atoms with E-state index in [2.05, 4.69) is 21.9 Å². The lowest BCUT2D eigenvalue weighted by Gasteiger charge is -2.22. The summed E-state index contributed by atoms with van der Waals surface area (Å²) in [6.07, 6.45) is 0.611. The lowest BCUT2D eigenvalue weighted by atomic mass is 10.2. The highest BCUT2D eigenvalue weighted by molar-refractivity contribution is 5.68. The van der Waals surface area contributed by atoms with Crippen molar-refractivity contribution >= 4 is 12.2 Å². The number of fused-ring (bicyclic) bond motifs is 1. The van der Waals surface area contributed by atoms with Crippen LogP contribution in [0.4, 0.5) is 10.2 Å². The molecule has 0 spiro atoms. The molecule has 1 atom stereocenters. The monoisotopic (exact) mass is 269 g/mol. The molecule has 2 aromatic rings. The van der Waals surface area contributed by atoms with Crippen LogP contribution in [0.15, 0.2) is 35.3 Å². The number of nitrogens with zero attached hydrogens (tertiary/aromatic N) is 2. The van der Waals surface area contributed by atoms with Crippen LogP contribution in [-0.4, -0.2) is 21.3 Å². The van der Waals surface area contributed by atoms with E-state index in [1.807, 2.05) is 13.0 Å². The normalized spacial score (nSPS) is 16.6. The highest BCUT2D eigenvalue weighted by Gasteiger charge is 2.22. The fourth-order valence-corrected chi connectivity index (χ4v) is 1.99. The summed E-state index contributed by atoms with van der Waals surface area (Å²) in [5.74, 6) is 3.20. The first-order chi connectivity index (χ1) is 9.63. The Balaban J connectivity index is 1.85. The SMILES string of the molecule is Cc1cc2c([nH]1)N=CN(C#Cc1ccc(F)cc1)C2O. The van der Waals surface area contributed by atoms with E-state index >= 15 is 0 Å². The minimum absolute atomic E-state index is 0.303. The van der Waals surface area contributed by atoms with Gasteiger partial charge in [-0.05, 0) is 43.2 Å². The van der Waals surface area contributed by atoms with Gasteiger partial charge in [-0.15, -0.1) is 0 Å². The number of nitrogens with one attached hydrogen (secondary N) is 1. The van der Waals surface area contributed by atoms with E-state index < -0.39 is 6.23 Å². The Morgan fingerprint density at radius 3 is 2.85 bits per heavy atom. The highest BCUT2D eigenvalue weighted by atomic mass is 19.1. The number of aliphatic hydroxyl groups excluding tert-OH is 1. The Morgan fingerprint density at radius 1 is 1.35 bits per heavy atom. The number of hydrogen-bond donors (Lipinski definition) is 2. The van der Waals surface area contributed by atoms with Gasteiger partial charge in [0.25, 0.3) is 0 Å². The Hall–Kier alpha value is -2.58. The molecule has 1 aromatic heterocycles. The minimum atomic E-state index is -0.861. The Bertz CT molecular complexity index is 722. The standard InChI is InChI=1S/C15H12FN3O/c1-10-8-13-14(18-10)17-9-19(15(13)20)7-6-11-2-4-12(16)5-3-11/h2-5,8-9,15,18,20H,1H3. The number of benzene rings is 1. The molecule has 0 amide bonds. The van der Waals surface area contributed by atoms with E-state index in [-0.39, 0.29) is 5.82 Å². The van der Waals surface area contributed by atoms with E-state index in [1.54, 1.807) is 12.1 Å². The second-order valence-electron chi connectivity index (χ2n) is 4.53. The number of aromatic nitrogens is 1. The van der Waals surface area contributed by atoms with Crippen molar-refractivity contribution in [3.05, 3.63) is 53.0 Å². The quantitative estimate of drug-likeness (QED) is 0.722. The van der Waals surface area contributed by atoms with Gasteiger partial charge in [-0.1, -0.05) is 0 Å². The first-order valence-electron chi connectivity index (χ1n) is 6.11. The summed E-state index contributed by atoms with van der Waals surface area (Å²) in [6, 6.07) is 10.5. The zero-order chi connectivity index (χ0) is 14.1. The van der Waals surface area contributed by atoms with Crippen molar-refractivity contribution in [1.29, 1.82) is 0 Å². The summed E-state index contributed by atoms with van der Waals surface area (Å²) < 4.78 is 12.8. The van der Waals surface area contributed by atoms with E-state index in [9.17, 15) is 9.50 Å². The van der Waals surface area contributed by atoms with Gasteiger partial charge in [0.2, 0.25) is 0 Å². The molecule has 0 bridgehead atoms. The van der Waals surface area contributed by atoms with Crippen LogP contribution in [0.2, 0.25) is 0 Å². The minimum Gasteiger partial charge on any atom is -0.368 e. The Labute approximate surface area is 115 Å². The molecular formula is C15H12FN3O. The van der Waals surface area contributed by atoms with E-state index in [1.165, 1.54) is 23.4 Å². The van der Waals surface area contributed by atoms with E-state index in [0.717, 1.165) is 5.69 Å². The van der Waals surface area contributed by atoms with Crippen molar-refractivity contribution in [3.63, 3.8) is 0 Å². The third-order valence-corrected chi connectivity index (χ3v) is 2.99. The topological polar surface area (TPSA) is 51.6 Å². The molecule has 2 heterocycles. The molecule has 1 aliphatic rings. The number of halogens is 1. The van der Waals surface area contributed by atoms with Gasteiger partial charge in [-0.25, -0.2) is 9.38 Å². The molecule has 0 saturated heterocycles. The van der Waals surface area contributed by atoms with Crippen LogP contribution in [0.25, 0.3) is 0 Å². The molecule has 4 nitrogen and oxygen atoms in total. The van der Waals surface area contributed by atoms with E-state index in [0.29, 0.717) is 16.9 Å². The Morgan fingerprint density at radius 2 is 2.10 bits per heavy atom. The predicted molar refractivity (Wildman–Crippen MR) is 73.8 cm³/mol. The van der Waals surface area contributed by atoms with Gasteiger partial charge in [0, 0.05) is 22.9 Å². The maximum atomic E-state index is 12.8. The molecule has 20 heavy (non-hydrogen) atoms. The zero-order valence-electron chi connectivity index (χ0n) is 10.8. The fourth-order valence-electron chi connectivity index (χ4n) is 1.99. The summed E-state index contributed by atoms with van der Waals surface area (Å²) in [7, 11) is 0. The molecule has 3 rings (SSSR count). The van der Waals surface area contributed by atoms with Crippen LogP contribution in [-0.2, 0) is 0 Å². The molecule has 1 unspecified atom stereocenters. The van der Waals surface area contributed by atoms with Crippen LogP contribution in [0.3, 0.4) is 0 Å². The maximum absolute atomic E-state index is 12.8. The van der Waals surface area contributed by atoms with Crippen molar-refractivity contribution in [1.82, 2.24) is 9.88 Å². The first kappa shape index (κ1) is 12.5. The van der Waals surface area contributed by atoms with Gasteiger partial charge < -0.3 is 10.1 Å². The van der Waals surface area contributed by atoms with Crippen molar-refractivity contribution < 1.29 is 9.50 Å². The van der Waals surface area contributed by atoms with Gasteiger partial charge in [0.1, 0.15) is 18.0 Å². The number of hydrogen-bond acceptors (Lipinski definition) is 3. The third-order valence-electron chi connectivity index (χ3n) is 2.99. The predicted octanol–water partition coefficient (Wildman–Crippen LogP) is 2.44. The molecule has 100 valence electrons. The number of aliphatic imine (C=N–C) groups is 1. The van der Waals surface area contributed by atoms with E-state index in [4.69, 9.17) is 0 Å². The summed E-state index contributed by atoms with van der Waals surface area (Å²) in [4.78, 5) is 8.66. The molecule has 0 aliphatic carbocycles. The van der Waals surface area contributed by atoms with Crippen LogP contribution >= 0.6 is 0 Å². The van der Waals surface area contributed by atoms with Crippen LogP contribution in [0, 0.1) is 24.7 Å². The smallest absolute Gasteiger partial charge is 0.169 e. The Kier molecular flexibility index (Phi) is 3.01. The van der Waals surface area contributed by atoms with Gasteiger partial charge in [-0.2, -0.15) is 0 Å². The van der Waals surface area contributed by atoms with Gasteiger partial charge in [0.05, 0.1) is 0 Å². The van der Waals surface area contributed by atoms with Crippen molar-refractivity contribution in [2.24, 2.45) is 4.99 Å². The second-order valence-corrected chi connectivity index (χ2v) is 4.53. The van der Waals surface area contributed by atoms with Crippen molar-refractivity contribution in [3.8, 4) is 12.0 Å². The van der Waals surface area contributed by atoms with Crippen LogP contribution in [0.1, 0.15) is 23.0 Å². The molecule has 0 fully saturated rings. The average molecular weight is 269 g/mol. The van der Waals surface area contributed by atoms with Crippen molar-refractivity contribution in [2.45, 2.75) is 13.2 Å². The van der Waals surface area contributed by atoms with Crippen LogP contribution in [0.5, 0.6) is 0 Å². The largest absolute Gasteiger partial charge is 0.368 e.